The van der Waals surface area contributed by atoms with Crippen LogP contribution in [0.1, 0.15) is 57.9 Å². The number of Topliss-reactive ketones (excluding diaryl/α,β-unsaturated/α-hetero) is 1. The zero-order valence-corrected chi connectivity index (χ0v) is 39.6. The van der Waals surface area contributed by atoms with E-state index in [1.54, 1.807) is 41.3 Å². The highest BCUT2D eigenvalue weighted by Gasteiger charge is 2.61. The molecule has 2 aromatic carbocycles. The largest absolute Gasteiger partial charge is 0.494 e. The SMILES string of the molecule is C=C[C@@H]1C[C@]1(CC(=O)[C@@H]1C[C@@H](Oc2ncc(OC)c3ccc(Cl)cc23)CN1C(=O)[C@@H](Cc1nc(-c2cc(Cl)cc(Cl)c2OC)cs1)C(C)(C)C)C(=O)NS(=O)(=O)C1CC1.Cl.Cl. The minimum atomic E-state index is -3.87. The number of fused-ring (bicyclic) bond motifs is 1. The van der Waals surface area contributed by atoms with Crippen molar-refractivity contribution in [2.24, 2.45) is 22.7 Å². The van der Waals surface area contributed by atoms with Gasteiger partial charge in [-0.15, -0.1) is 42.7 Å². The molecule has 2 aromatic heterocycles. The molecule has 0 spiro atoms. The van der Waals surface area contributed by atoms with E-state index in [2.05, 4.69) is 16.3 Å². The molecule has 3 heterocycles. The Morgan fingerprint density at radius 1 is 1.07 bits per heavy atom. The average molecular weight is 977 g/mol. The summed E-state index contributed by atoms with van der Waals surface area (Å²) in [6, 6.07) is 7.56. The zero-order chi connectivity index (χ0) is 42.6. The molecule has 2 saturated carbocycles. The molecule has 1 N–H and O–H groups in total. The van der Waals surface area contributed by atoms with Crippen LogP contribution in [-0.2, 0) is 30.8 Å². The van der Waals surface area contributed by atoms with Crippen molar-refractivity contribution < 1.29 is 37.0 Å². The van der Waals surface area contributed by atoms with E-state index in [-0.39, 0.29) is 74.6 Å². The van der Waals surface area contributed by atoms with Crippen molar-refractivity contribution >= 4 is 109 Å². The Labute approximate surface area is 386 Å². The van der Waals surface area contributed by atoms with Crippen LogP contribution in [-0.4, -0.2) is 79.0 Å². The molecule has 3 aliphatic rings. The van der Waals surface area contributed by atoms with Crippen molar-refractivity contribution in [2.45, 2.75) is 76.7 Å². The fraction of sp³-hybridized carbons (Fsp3) is 0.452. The van der Waals surface area contributed by atoms with Gasteiger partial charge in [0, 0.05) is 56.9 Å². The fourth-order valence-electron chi connectivity index (χ4n) is 7.94. The number of carbonyl (C=O) groups excluding carboxylic acids is 3. The number of carbonyl (C=O) groups is 3. The number of likely N-dealkylation sites (tertiary alicyclic amines) is 1. The van der Waals surface area contributed by atoms with E-state index < -0.39 is 56.0 Å². The topological polar surface area (TPSA) is 154 Å². The number of aromatic nitrogens is 2. The van der Waals surface area contributed by atoms with Crippen molar-refractivity contribution in [1.82, 2.24) is 19.6 Å². The molecule has 4 aromatic rings. The molecule has 3 fully saturated rings. The molecule has 2 aliphatic carbocycles. The number of ketones is 1. The lowest BCUT2D eigenvalue weighted by Gasteiger charge is -2.35. The van der Waals surface area contributed by atoms with Gasteiger partial charge < -0.3 is 19.1 Å². The predicted octanol–water partition coefficient (Wildman–Crippen LogP) is 9.19. The zero-order valence-electron chi connectivity index (χ0n) is 34.0. The van der Waals surface area contributed by atoms with Crippen LogP contribution in [0.25, 0.3) is 22.0 Å². The normalized spacial score (nSPS) is 21.4. The molecule has 1 saturated heterocycles. The number of nitrogens with one attached hydrogen (secondary N) is 1. The van der Waals surface area contributed by atoms with Gasteiger partial charge in [0.05, 0.1) is 59.4 Å². The van der Waals surface area contributed by atoms with Gasteiger partial charge in [0.1, 0.15) is 17.6 Å². The van der Waals surface area contributed by atoms with Crippen LogP contribution in [0.4, 0.5) is 0 Å². The molecular formula is C42H47Cl5N4O8S2. The molecule has 0 unspecified atom stereocenters. The minimum Gasteiger partial charge on any atom is -0.494 e. The van der Waals surface area contributed by atoms with E-state index in [0.717, 1.165) is 0 Å². The highest BCUT2D eigenvalue weighted by atomic mass is 35.5. The molecule has 2 amide bonds. The Hall–Kier alpha value is -3.37. The lowest BCUT2D eigenvalue weighted by Crippen LogP contribution is -2.48. The third-order valence-corrected chi connectivity index (χ3v) is 14.9. The van der Waals surface area contributed by atoms with Crippen molar-refractivity contribution in [3.05, 3.63) is 74.6 Å². The van der Waals surface area contributed by atoms with E-state index in [4.69, 9.17) is 54.0 Å². The summed E-state index contributed by atoms with van der Waals surface area (Å²) in [5, 5.41) is 4.43. The smallest absolute Gasteiger partial charge is 0.240 e. The standard InChI is InChI=1S/C42H45Cl3N4O8S2.2ClH/c1-7-22-17-42(22,40(52)48-59(53,54)26-9-10-26)18-34(50)33-15-25(57-38-28-12-23(43)8-11-27(28)35(55-5)19-46-38)20-49(33)39(51)30(41(2,3)4)16-36-47-32(21-58-36)29-13-24(44)14-31(45)37(29)56-6;;/h7-8,11-14,19,21-22,25-26,30,33H,1,9-10,15-18,20H2,2-6H3,(H,48,52);2*1H/t22-,25-,30-,33+,42-;;/m1../s1. The van der Waals surface area contributed by atoms with Crippen LogP contribution < -0.4 is 18.9 Å². The number of hydrogen-bond donors (Lipinski definition) is 1. The number of methoxy groups -OCH3 is 2. The Balaban J connectivity index is 0.00000352. The molecule has 5 atom stereocenters. The number of nitrogens with zero attached hydrogens (tertiary/aromatic N) is 3. The molecule has 0 radical (unpaired) electrons. The molecule has 0 bridgehead atoms. The summed E-state index contributed by atoms with van der Waals surface area (Å²) in [7, 11) is -0.822. The van der Waals surface area contributed by atoms with Crippen LogP contribution in [0, 0.1) is 22.7 Å². The quantitative estimate of drug-likeness (QED) is 0.114. The van der Waals surface area contributed by atoms with E-state index in [1.165, 1.54) is 31.8 Å². The van der Waals surface area contributed by atoms with Crippen LogP contribution in [0.5, 0.6) is 17.4 Å². The number of sulfonamides is 1. The van der Waals surface area contributed by atoms with Crippen molar-refractivity contribution in [1.29, 1.82) is 0 Å². The van der Waals surface area contributed by atoms with Gasteiger partial charge in [-0.25, -0.2) is 18.4 Å². The van der Waals surface area contributed by atoms with E-state index in [0.29, 0.717) is 66.4 Å². The molecule has 1 aliphatic heterocycles. The van der Waals surface area contributed by atoms with Gasteiger partial charge in [0.15, 0.2) is 5.78 Å². The summed E-state index contributed by atoms with van der Waals surface area (Å²) in [6.45, 7) is 9.77. The van der Waals surface area contributed by atoms with Crippen molar-refractivity contribution in [2.75, 3.05) is 20.8 Å². The Morgan fingerprint density at radius 3 is 2.41 bits per heavy atom. The maximum Gasteiger partial charge on any atom is 0.240 e. The molecule has 330 valence electrons. The second-order valence-corrected chi connectivity index (χ2v) is 20.7. The summed E-state index contributed by atoms with van der Waals surface area (Å²) in [5.41, 5.74) is -0.705. The summed E-state index contributed by atoms with van der Waals surface area (Å²) in [5.74, 6) is -1.25. The third-order valence-electron chi connectivity index (χ3n) is 11.5. The van der Waals surface area contributed by atoms with Crippen molar-refractivity contribution in [3.63, 3.8) is 0 Å². The number of rotatable bonds is 15. The van der Waals surface area contributed by atoms with Crippen molar-refractivity contribution in [3.8, 4) is 28.6 Å². The first kappa shape index (κ1) is 48.7. The Morgan fingerprint density at radius 2 is 1.79 bits per heavy atom. The first-order chi connectivity index (χ1) is 27.9. The number of thiazole rings is 1. The van der Waals surface area contributed by atoms with Gasteiger partial charge in [-0.05, 0) is 60.9 Å². The average Bonchev–Trinajstić information content (AvgIpc) is 4.07. The van der Waals surface area contributed by atoms with Crippen LogP contribution >= 0.6 is 71.0 Å². The number of halogens is 5. The number of benzene rings is 2. The second kappa shape index (κ2) is 18.8. The summed E-state index contributed by atoms with van der Waals surface area (Å²) < 4.78 is 45.5. The molecule has 19 heteroatoms. The van der Waals surface area contributed by atoms with Gasteiger partial charge in [-0.2, -0.15) is 0 Å². The fourth-order valence-corrected chi connectivity index (χ4v) is 10.9. The number of hydrogen-bond acceptors (Lipinski definition) is 11. The van der Waals surface area contributed by atoms with E-state index in [9.17, 15) is 18.0 Å². The summed E-state index contributed by atoms with van der Waals surface area (Å²) in [6.07, 6.45) is 3.72. The van der Waals surface area contributed by atoms with E-state index in [1.807, 2.05) is 26.2 Å². The van der Waals surface area contributed by atoms with Gasteiger partial charge >= 0.3 is 0 Å². The first-order valence-electron chi connectivity index (χ1n) is 19.2. The molecule has 61 heavy (non-hydrogen) atoms. The first-order valence-corrected chi connectivity index (χ1v) is 22.7. The van der Waals surface area contributed by atoms with Crippen LogP contribution in [0.15, 0.2) is 54.6 Å². The van der Waals surface area contributed by atoms with Gasteiger partial charge in [0.25, 0.3) is 0 Å². The van der Waals surface area contributed by atoms with Gasteiger partial charge in [-0.1, -0.05) is 61.7 Å². The molecule has 12 nitrogen and oxygen atoms in total. The lowest BCUT2D eigenvalue weighted by molar-refractivity contribution is -0.144. The maximum absolute atomic E-state index is 15.0. The second-order valence-electron chi connectivity index (χ2n) is 16.5. The third kappa shape index (κ3) is 10.1. The molecule has 7 rings (SSSR count). The van der Waals surface area contributed by atoms with Crippen LogP contribution in [0.2, 0.25) is 15.1 Å². The lowest BCUT2D eigenvalue weighted by atomic mass is 9.77. The van der Waals surface area contributed by atoms with Gasteiger partial charge in [0.2, 0.25) is 27.7 Å². The van der Waals surface area contributed by atoms with Gasteiger partial charge in [-0.3, -0.25) is 19.1 Å². The minimum absolute atomic E-state index is 0. The molecular weight excluding hydrogens is 930 g/mol. The number of allylic oxidation sites excluding steroid dienone is 1. The Bertz CT molecular complexity index is 2460. The highest BCUT2D eigenvalue weighted by Crippen LogP contribution is 2.57. The highest BCUT2D eigenvalue weighted by molar-refractivity contribution is 7.90. The summed E-state index contributed by atoms with van der Waals surface area (Å²) >= 11 is 20.6. The number of ether oxygens (including phenoxy) is 3. The number of pyridine rings is 1. The number of amides is 2. The Kier molecular flexibility index (Phi) is 15.0. The monoisotopic (exact) mass is 974 g/mol. The van der Waals surface area contributed by atoms with Crippen LogP contribution in [0.3, 0.4) is 0 Å². The summed E-state index contributed by atoms with van der Waals surface area (Å²) in [4.78, 5) is 54.3. The predicted molar refractivity (Wildman–Crippen MR) is 244 cm³/mol. The maximum atomic E-state index is 15.0. The van der Waals surface area contributed by atoms with E-state index >= 15 is 4.79 Å².